The second-order valence-corrected chi connectivity index (χ2v) is 11.3. The number of carbonyl (C=O) groups excluding carboxylic acids is 2. The molecule has 41 heavy (non-hydrogen) atoms. The van der Waals surface area contributed by atoms with Crippen molar-refractivity contribution in [1.29, 1.82) is 0 Å². The Labute approximate surface area is 230 Å². The van der Waals surface area contributed by atoms with E-state index in [0.717, 1.165) is 12.8 Å². The van der Waals surface area contributed by atoms with E-state index in [1.807, 2.05) is 0 Å². The first-order valence-electron chi connectivity index (χ1n) is 13.7. The first-order valence-corrected chi connectivity index (χ1v) is 13.7. The van der Waals surface area contributed by atoms with Crippen LogP contribution >= 0.6 is 0 Å². The van der Waals surface area contributed by atoms with Crippen molar-refractivity contribution in [3.63, 3.8) is 0 Å². The van der Waals surface area contributed by atoms with E-state index in [-0.39, 0.29) is 62.5 Å². The summed E-state index contributed by atoms with van der Waals surface area (Å²) in [7, 11) is 0. The third kappa shape index (κ3) is 5.89. The molecule has 10 nitrogen and oxygen atoms in total. The summed E-state index contributed by atoms with van der Waals surface area (Å²) >= 11 is 0. The lowest BCUT2D eigenvalue weighted by Gasteiger charge is -2.33. The maximum atomic E-state index is 14.0. The average molecular weight is 582 g/mol. The summed E-state index contributed by atoms with van der Waals surface area (Å²) in [5.74, 6) is -4.80. The van der Waals surface area contributed by atoms with Crippen molar-refractivity contribution in [3.8, 4) is 0 Å². The predicted molar refractivity (Wildman–Crippen MR) is 131 cm³/mol. The summed E-state index contributed by atoms with van der Waals surface area (Å²) in [4.78, 5) is 30.2. The molecular weight excluding hydrogens is 553 g/mol. The highest BCUT2D eigenvalue weighted by molar-refractivity contribution is 5.93. The summed E-state index contributed by atoms with van der Waals surface area (Å²) in [6.45, 7) is 0. The molecule has 3 aromatic heterocycles. The fourth-order valence-electron chi connectivity index (χ4n) is 5.80. The van der Waals surface area contributed by atoms with Crippen LogP contribution in [-0.2, 0) is 11.2 Å². The summed E-state index contributed by atoms with van der Waals surface area (Å²) in [5.41, 5.74) is 1.98. The normalized spacial score (nSPS) is 24.3. The van der Waals surface area contributed by atoms with Gasteiger partial charge in [-0.1, -0.05) is 5.16 Å². The number of hydrogen-bond donors (Lipinski definition) is 2. The largest absolute Gasteiger partial charge is 0.408 e. The van der Waals surface area contributed by atoms with Gasteiger partial charge in [0.25, 0.3) is 5.91 Å². The van der Waals surface area contributed by atoms with Gasteiger partial charge in [0, 0.05) is 24.7 Å². The van der Waals surface area contributed by atoms with Crippen LogP contribution in [0.3, 0.4) is 0 Å². The minimum Gasteiger partial charge on any atom is -0.344 e. The van der Waals surface area contributed by atoms with E-state index >= 15 is 0 Å². The Kier molecular flexibility index (Phi) is 6.92. The van der Waals surface area contributed by atoms with Gasteiger partial charge in [-0.2, -0.15) is 18.3 Å². The van der Waals surface area contributed by atoms with Crippen LogP contribution in [0.4, 0.5) is 22.0 Å². The zero-order chi connectivity index (χ0) is 28.9. The van der Waals surface area contributed by atoms with Crippen molar-refractivity contribution < 1.29 is 36.2 Å². The molecule has 2 saturated carbocycles. The number of carbonyl (C=O) groups is 2. The average Bonchev–Trinajstić information content (AvgIpc) is 3.48. The fraction of sp³-hybridized carbons (Fsp3) is 0.615. The Morgan fingerprint density at radius 1 is 1.15 bits per heavy atom. The molecule has 15 heteroatoms. The van der Waals surface area contributed by atoms with Gasteiger partial charge in [0.2, 0.25) is 11.8 Å². The first-order chi connectivity index (χ1) is 19.5. The Hall–Kier alpha value is -3.65. The zero-order valence-electron chi connectivity index (χ0n) is 21.8. The number of fused-ring (bicyclic) bond motifs is 1. The highest BCUT2D eigenvalue weighted by Gasteiger charge is 2.44. The fourth-order valence-corrected chi connectivity index (χ4v) is 5.80. The Morgan fingerprint density at radius 2 is 1.90 bits per heavy atom. The molecule has 1 aliphatic heterocycles. The number of hydrogen-bond acceptors (Lipinski definition) is 7. The Bertz CT molecular complexity index is 1440. The minimum absolute atomic E-state index is 0.0707. The summed E-state index contributed by atoms with van der Waals surface area (Å²) in [6.07, 6.45) is 0.188. The van der Waals surface area contributed by atoms with Crippen molar-refractivity contribution in [3.05, 3.63) is 41.1 Å². The molecule has 0 radical (unpaired) electrons. The molecule has 220 valence electrons. The van der Waals surface area contributed by atoms with Crippen molar-refractivity contribution in [2.45, 2.75) is 87.9 Å². The highest BCUT2D eigenvalue weighted by Crippen LogP contribution is 2.43. The van der Waals surface area contributed by atoms with Crippen LogP contribution < -0.4 is 10.6 Å². The topological polar surface area (TPSA) is 127 Å². The second-order valence-electron chi connectivity index (χ2n) is 11.3. The second kappa shape index (κ2) is 10.3. The van der Waals surface area contributed by atoms with Gasteiger partial charge in [-0.15, -0.1) is 0 Å². The maximum absolute atomic E-state index is 14.0. The molecule has 0 aromatic carbocycles. The van der Waals surface area contributed by atoms with Crippen LogP contribution in [0.5, 0.6) is 0 Å². The summed E-state index contributed by atoms with van der Waals surface area (Å²) in [5, 5.41) is 17.0. The van der Waals surface area contributed by atoms with Crippen LogP contribution in [0, 0.1) is 11.8 Å². The van der Waals surface area contributed by atoms with Gasteiger partial charge in [-0.3, -0.25) is 9.59 Å². The van der Waals surface area contributed by atoms with E-state index in [1.165, 1.54) is 10.7 Å². The molecule has 3 aromatic rings. The SMILES string of the molecule is O=C(N[C@H](c1cn2ncc(C[C@H]3CC[C@H](C(F)(F)F)NC3=O)cc2n1)C1CCC(F)(F)CC1)c1nonc1C1CC1. The smallest absolute Gasteiger partial charge is 0.344 e. The number of imidazole rings is 1. The van der Waals surface area contributed by atoms with Crippen LogP contribution in [-0.4, -0.2) is 54.9 Å². The predicted octanol–water partition coefficient (Wildman–Crippen LogP) is 4.29. The van der Waals surface area contributed by atoms with Gasteiger partial charge in [-0.05, 0) is 67.7 Å². The number of halogens is 5. The molecule has 1 saturated heterocycles. The van der Waals surface area contributed by atoms with Crippen LogP contribution in [0.15, 0.2) is 23.1 Å². The van der Waals surface area contributed by atoms with Crippen molar-refractivity contribution in [1.82, 2.24) is 35.5 Å². The lowest BCUT2D eigenvalue weighted by Crippen LogP contribution is -2.51. The lowest BCUT2D eigenvalue weighted by molar-refractivity contribution is -0.169. The Balaban J connectivity index is 1.22. The van der Waals surface area contributed by atoms with Crippen LogP contribution in [0.25, 0.3) is 5.65 Å². The molecule has 0 bridgehead atoms. The van der Waals surface area contributed by atoms with Gasteiger partial charge < -0.3 is 10.6 Å². The number of nitrogens with one attached hydrogen (secondary N) is 2. The molecule has 6 rings (SSSR count). The van der Waals surface area contributed by atoms with Crippen LogP contribution in [0.1, 0.15) is 90.8 Å². The van der Waals surface area contributed by atoms with Crippen LogP contribution in [0.2, 0.25) is 0 Å². The molecule has 2 aliphatic carbocycles. The van der Waals surface area contributed by atoms with E-state index in [1.54, 1.807) is 12.3 Å². The third-order valence-electron chi connectivity index (χ3n) is 8.30. The number of aromatic nitrogens is 5. The van der Waals surface area contributed by atoms with Gasteiger partial charge in [-0.25, -0.2) is 22.9 Å². The first kappa shape index (κ1) is 27.5. The molecule has 3 aliphatic rings. The molecule has 2 N–H and O–H groups in total. The molecule has 0 unspecified atom stereocenters. The van der Waals surface area contributed by atoms with Gasteiger partial charge >= 0.3 is 6.18 Å². The monoisotopic (exact) mass is 581 g/mol. The molecular formula is C26H28F5N7O3. The summed E-state index contributed by atoms with van der Waals surface area (Å²) < 4.78 is 73.2. The van der Waals surface area contributed by atoms with E-state index in [2.05, 4.69) is 31.0 Å². The van der Waals surface area contributed by atoms with Crippen molar-refractivity contribution in [2.24, 2.45) is 11.8 Å². The molecule has 2 amide bonds. The van der Waals surface area contributed by atoms with Crippen molar-refractivity contribution in [2.75, 3.05) is 0 Å². The quantitative estimate of drug-likeness (QED) is 0.399. The maximum Gasteiger partial charge on any atom is 0.408 e. The number of amides is 2. The Morgan fingerprint density at radius 3 is 2.59 bits per heavy atom. The summed E-state index contributed by atoms with van der Waals surface area (Å²) in [6, 6.07) is -0.877. The molecule has 0 spiro atoms. The molecule has 3 fully saturated rings. The number of nitrogens with zero attached hydrogens (tertiary/aromatic N) is 5. The van der Waals surface area contributed by atoms with E-state index in [9.17, 15) is 31.5 Å². The molecule has 3 atom stereocenters. The van der Waals surface area contributed by atoms with Crippen molar-refractivity contribution >= 4 is 17.5 Å². The highest BCUT2D eigenvalue weighted by atomic mass is 19.4. The van der Waals surface area contributed by atoms with E-state index in [0.29, 0.717) is 22.6 Å². The minimum atomic E-state index is -4.49. The number of alkyl halides is 5. The zero-order valence-corrected chi connectivity index (χ0v) is 21.8. The lowest BCUT2D eigenvalue weighted by atomic mass is 9.81. The third-order valence-corrected chi connectivity index (χ3v) is 8.30. The van der Waals surface area contributed by atoms with E-state index < -0.39 is 41.9 Å². The van der Waals surface area contributed by atoms with Gasteiger partial charge in [0.05, 0.1) is 24.1 Å². The van der Waals surface area contributed by atoms with E-state index in [4.69, 9.17) is 4.63 Å². The number of rotatable bonds is 7. The van der Waals surface area contributed by atoms with Gasteiger partial charge in [0.15, 0.2) is 11.3 Å². The standard InChI is InChI=1S/C26H28F5N7O3/c27-25(28)7-5-15(6-8-25)20(35-24(40)22-21(14-1-2-14)36-41-37-22)17-12-38-19(33-17)10-13(11-32-38)9-16-3-4-18(26(29,30)31)34-23(16)39/h10-12,14-16,18,20H,1-9H2,(H,34,39)(H,35,40)/t16-,18-,20+/m1/s1. The molecule has 4 heterocycles. The number of piperidine rings is 1. The van der Waals surface area contributed by atoms with Gasteiger partial charge in [0.1, 0.15) is 11.7 Å².